The molecule has 0 radical (unpaired) electrons. The zero-order valence-corrected chi connectivity index (χ0v) is 12.0. The molecule has 2 nitrogen and oxygen atoms in total. The van der Waals surface area contributed by atoms with Gasteiger partial charge in [-0.05, 0) is 27.8 Å². The van der Waals surface area contributed by atoms with Crippen molar-refractivity contribution < 1.29 is 10.2 Å². The van der Waals surface area contributed by atoms with Crippen LogP contribution < -0.4 is 0 Å². The molecule has 1 aliphatic carbocycles. The molecule has 0 aromatic heterocycles. The van der Waals surface area contributed by atoms with E-state index in [-0.39, 0.29) is 0 Å². The lowest BCUT2D eigenvalue weighted by Gasteiger charge is -2.31. The Morgan fingerprint density at radius 2 is 1.09 bits per heavy atom. The fraction of sp³-hybridized carbons (Fsp3) is 0.100. The van der Waals surface area contributed by atoms with Crippen LogP contribution in [0.2, 0.25) is 0 Å². The topological polar surface area (TPSA) is 40.5 Å². The lowest BCUT2D eigenvalue weighted by molar-refractivity contribution is -0.0485. The summed E-state index contributed by atoms with van der Waals surface area (Å²) in [5, 5.41) is 22.4. The predicted molar refractivity (Wildman–Crippen MR) is 86.3 cm³/mol. The van der Waals surface area contributed by atoms with Crippen LogP contribution in [0, 0.1) is 0 Å². The highest BCUT2D eigenvalue weighted by Gasteiger charge is 2.47. The van der Waals surface area contributed by atoms with Crippen molar-refractivity contribution in [3.8, 4) is 11.1 Å². The molecule has 0 fully saturated rings. The van der Waals surface area contributed by atoms with E-state index in [1.54, 1.807) is 0 Å². The molecule has 0 saturated carbocycles. The highest BCUT2D eigenvalue weighted by Crippen LogP contribution is 2.52. The van der Waals surface area contributed by atoms with E-state index >= 15 is 0 Å². The van der Waals surface area contributed by atoms with Crippen LogP contribution in [0.4, 0.5) is 0 Å². The summed E-state index contributed by atoms with van der Waals surface area (Å²) in [7, 11) is 0. The summed E-state index contributed by atoms with van der Waals surface area (Å²) >= 11 is 0. The molecule has 0 spiro atoms. The molecule has 2 N–H and O–H groups in total. The van der Waals surface area contributed by atoms with Gasteiger partial charge < -0.3 is 10.2 Å². The minimum absolute atomic E-state index is 0.705. The zero-order chi connectivity index (χ0) is 15.2. The third-order valence-electron chi connectivity index (χ3n) is 4.48. The molecular formula is C20H16O2. The van der Waals surface area contributed by atoms with Crippen molar-refractivity contribution in [2.45, 2.75) is 11.7 Å². The predicted octanol–water partition coefficient (Wildman–Crippen LogP) is 3.64. The maximum Gasteiger partial charge on any atom is 0.146 e. The summed E-state index contributed by atoms with van der Waals surface area (Å²) in [5.41, 5.74) is 2.76. The Labute approximate surface area is 129 Å². The van der Waals surface area contributed by atoms with E-state index in [9.17, 15) is 10.2 Å². The lowest BCUT2D eigenvalue weighted by atomic mass is 9.82. The van der Waals surface area contributed by atoms with Crippen molar-refractivity contribution in [2.24, 2.45) is 0 Å². The lowest BCUT2D eigenvalue weighted by Crippen LogP contribution is -2.32. The van der Waals surface area contributed by atoms with Crippen LogP contribution in [-0.4, -0.2) is 10.2 Å². The van der Waals surface area contributed by atoms with Crippen molar-refractivity contribution in [3.63, 3.8) is 0 Å². The van der Waals surface area contributed by atoms with Crippen LogP contribution in [0.1, 0.15) is 22.8 Å². The smallest absolute Gasteiger partial charge is 0.146 e. The summed E-state index contributed by atoms with van der Waals surface area (Å²) in [5.74, 6) is 0. The number of fused-ring (bicyclic) bond motifs is 3. The Hall–Kier alpha value is -2.42. The molecule has 0 heterocycles. The molecule has 3 aromatic carbocycles. The quantitative estimate of drug-likeness (QED) is 0.756. The molecule has 108 valence electrons. The summed E-state index contributed by atoms with van der Waals surface area (Å²) in [6.45, 7) is 0. The highest BCUT2D eigenvalue weighted by molar-refractivity contribution is 5.80. The molecule has 1 atom stereocenters. The van der Waals surface area contributed by atoms with Crippen LogP contribution in [0.5, 0.6) is 0 Å². The average Bonchev–Trinajstić information content (AvgIpc) is 2.86. The molecule has 0 bridgehead atoms. The van der Waals surface area contributed by atoms with E-state index in [0.29, 0.717) is 5.56 Å². The van der Waals surface area contributed by atoms with Crippen LogP contribution in [0.3, 0.4) is 0 Å². The largest absolute Gasteiger partial charge is 0.385 e. The Balaban J connectivity index is 1.98. The molecule has 3 aromatic rings. The maximum atomic E-state index is 11.5. The van der Waals surface area contributed by atoms with Crippen LogP contribution in [-0.2, 0) is 5.60 Å². The van der Waals surface area contributed by atoms with Gasteiger partial charge in [0, 0.05) is 0 Å². The number of hydrogen-bond acceptors (Lipinski definition) is 2. The standard InChI is InChI=1S/C20H16O2/c21-19(14-8-2-1-3-9-14)20(22)17-12-6-4-10-15(17)16-11-5-7-13-18(16)20/h1-13,19,21-22H. The van der Waals surface area contributed by atoms with Crippen molar-refractivity contribution in [2.75, 3.05) is 0 Å². The number of aliphatic hydroxyl groups is 2. The summed E-state index contributed by atoms with van der Waals surface area (Å²) in [6.07, 6.45) is -1.02. The second-order valence-corrected chi connectivity index (χ2v) is 5.67. The van der Waals surface area contributed by atoms with E-state index in [4.69, 9.17) is 0 Å². The summed E-state index contributed by atoms with van der Waals surface area (Å²) in [6, 6.07) is 24.8. The van der Waals surface area contributed by atoms with Crippen LogP contribution in [0.15, 0.2) is 78.9 Å². The monoisotopic (exact) mass is 288 g/mol. The van der Waals surface area contributed by atoms with Gasteiger partial charge in [-0.25, -0.2) is 0 Å². The molecular weight excluding hydrogens is 272 g/mol. The first kappa shape index (κ1) is 13.3. The normalized spacial score (nSPS) is 15.9. The molecule has 2 heteroatoms. The minimum Gasteiger partial charge on any atom is -0.385 e. The third-order valence-corrected chi connectivity index (χ3v) is 4.48. The van der Waals surface area contributed by atoms with Crippen molar-refractivity contribution >= 4 is 0 Å². The number of rotatable bonds is 2. The van der Waals surface area contributed by atoms with E-state index < -0.39 is 11.7 Å². The van der Waals surface area contributed by atoms with Gasteiger partial charge >= 0.3 is 0 Å². The second kappa shape index (κ2) is 4.80. The van der Waals surface area contributed by atoms with Gasteiger partial charge in [-0.1, -0.05) is 78.9 Å². The highest BCUT2D eigenvalue weighted by atomic mass is 16.3. The molecule has 4 rings (SSSR count). The van der Waals surface area contributed by atoms with Gasteiger partial charge in [-0.15, -0.1) is 0 Å². The molecule has 0 saturated heterocycles. The Morgan fingerprint density at radius 3 is 1.64 bits per heavy atom. The Bertz CT molecular complexity index is 778. The van der Waals surface area contributed by atoms with E-state index in [0.717, 1.165) is 22.3 Å². The number of aliphatic hydroxyl groups excluding tert-OH is 1. The fourth-order valence-electron chi connectivity index (χ4n) is 3.42. The summed E-state index contributed by atoms with van der Waals surface area (Å²) in [4.78, 5) is 0. The van der Waals surface area contributed by atoms with Gasteiger partial charge in [-0.3, -0.25) is 0 Å². The van der Waals surface area contributed by atoms with Gasteiger partial charge in [0.1, 0.15) is 11.7 Å². The number of hydrogen-bond donors (Lipinski definition) is 2. The van der Waals surface area contributed by atoms with Gasteiger partial charge in [0.25, 0.3) is 0 Å². The van der Waals surface area contributed by atoms with Crippen molar-refractivity contribution in [1.29, 1.82) is 0 Å². The van der Waals surface area contributed by atoms with E-state index in [1.807, 2.05) is 78.9 Å². The molecule has 0 amide bonds. The minimum atomic E-state index is -1.42. The van der Waals surface area contributed by atoms with Crippen LogP contribution >= 0.6 is 0 Å². The van der Waals surface area contributed by atoms with E-state index in [1.165, 1.54) is 0 Å². The maximum absolute atomic E-state index is 11.5. The molecule has 1 aliphatic rings. The second-order valence-electron chi connectivity index (χ2n) is 5.67. The molecule has 22 heavy (non-hydrogen) atoms. The van der Waals surface area contributed by atoms with Crippen LogP contribution in [0.25, 0.3) is 11.1 Å². The first-order valence-corrected chi connectivity index (χ1v) is 7.37. The van der Waals surface area contributed by atoms with Gasteiger partial charge in [-0.2, -0.15) is 0 Å². The Kier molecular flexibility index (Phi) is 2.89. The third kappa shape index (κ3) is 1.68. The first-order valence-electron chi connectivity index (χ1n) is 7.37. The van der Waals surface area contributed by atoms with Crippen molar-refractivity contribution in [3.05, 3.63) is 95.6 Å². The zero-order valence-electron chi connectivity index (χ0n) is 12.0. The number of benzene rings is 3. The van der Waals surface area contributed by atoms with Gasteiger partial charge in [0.2, 0.25) is 0 Å². The first-order chi connectivity index (χ1) is 10.7. The molecule has 1 unspecified atom stereocenters. The average molecular weight is 288 g/mol. The SMILES string of the molecule is OC(c1ccccc1)C1(O)c2ccccc2-c2ccccc21. The summed E-state index contributed by atoms with van der Waals surface area (Å²) < 4.78 is 0. The Morgan fingerprint density at radius 1 is 0.636 bits per heavy atom. The van der Waals surface area contributed by atoms with Crippen molar-refractivity contribution in [1.82, 2.24) is 0 Å². The fourth-order valence-corrected chi connectivity index (χ4v) is 3.42. The van der Waals surface area contributed by atoms with E-state index in [2.05, 4.69) is 0 Å². The van der Waals surface area contributed by atoms with Gasteiger partial charge in [0.15, 0.2) is 0 Å². The molecule has 0 aliphatic heterocycles. The van der Waals surface area contributed by atoms with Gasteiger partial charge in [0.05, 0.1) is 0 Å².